The van der Waals surface area contributed by atoms with E-state index in [1.165, 1.54) is 68.4 Å². The van der Waals surface area contributed by atoms with E-state index < -0.39 is 47.3 Å². The summed E-state index contributed by atoms with van der Waals surface area (Å²) in [6.07, 6.45) is 0.216. The number of amides is 4. The maximum Gasteiger partial charge on any atom is 0.258 e. The van der Waals surface area contributed by atoms with Gasteiger partial charge in [-0.1, -0.05) is 47.5 Å². The molecule has 0 spiro atoms. The number of rotatable bonds is 18. The Hall–Kier alpha value is -6.03. The van der Waals surface area contributed by atoms with Crippen LogP contribution in [0.15, 0.2) is 124 Å². The van der Waals surface area contributed by atoms with Crippen LogP contribution in [0.2, 0.25) is 10.0 Å². The first kappa shape index (κ1) is 50.0. The Balaban J connectivity index is 1.27. The van der Waals surface area contributed by atoms with Crippen LogP contribution in [0.4, 0.5) is 34.1 Å². The minimum Gasteiger partial charge on any atom is -0.324 e. The fourth-order valence-corrected chi connectivity index (χ4v) is 6.99. The zero-order chi connectivity index (χ0) is 47.4. The maximum absolute atomic E-state index is 13.5. The number of aryl methyl sites for hydroxylation is 1. The van der Waals surface area contributed by atoms with Crippen LogP contribution in [0.25, 0.3) is 0 Å². The highest BCUT2D eigenvalue weighted by Crippen LogP contribution is 2.29. The van der Waals surface area contributed by atoms with Crippen LogP contribution in [0.5, 0.6) is 0 Å². The summed E-state index contributed by atoms with van der Waals surface area (Å²) in [7, 11) is 0. The summed E-state index contributed by atoms with van der Waals surface area (Å²) in [4.78, 5) is 78.4. The molecular weight excluding hydrogens is 938 g/mol. The van der Waals surface area contributed by atoms with Gasteiger partial charge in [0.15, 0.2) is 11.6 Å². The molecule has 0 fully saturated rings. The molecule has 0 aliphatic rings. The molecule has 4 atom stereocenters. The van der Waals surface area contributed by atoms with E-state index in [0.29, 0.717) is 16.9 Å². The first-order valence-electron chi connectivity index (χ1n) is 19.8. The summed E-state index contributed by atoms with van der Waals surface area (Å²) in [6, 6.07) is 23.9. The summed E-state index contributed by atoms with van der Waals surface area (Å²) >= 11 is 31.1. The maximum atomic E-state index is 13.5. The molecule has 336 valence electrons. The van der Waals surface area contributed by atoms with Crippen LogP contribution < -0.4 is 21.3 Å². The number of alkyl halides is 3. The molecule has 4 N–H and O–H groups in total. The number of carbonyl (C=O) groups is 6. The van der Waals surface area contributed by atoms with E-state index in [-0.39, 0.29) is 67.0 Å². The van der Waals surface area contributed by atoms with E-state index in [4.69, 9.17) is 58.0 Å². The van der Waals surface area contributed by atoms with Gasteiger partial charge < -0.3 is 21.3 Å². The van der Waals surface area contributed by atoms with Crippen molar-refractivity contribution in [2.24, 2.45) is 20.5 Å². The van der Waals surface area contributed by atoms with Crippen molar-refractivity contribution in [2.75, 3.05) is 27.1 Å². The zero-order valence-corrected chi connectivity index (χ0v) is 38.9. The largest absolute Gasteiger partial charge is 0.324 e. The number of hydrogen-bond donors (Lipinski definition) is 4. The molecule has 65 heavy (non-hydrogen) atoms. The SMILES string of the molecule is CC(=O)C(N=Nc1cc(Cl)cc(C(=O)Nc2cccc(C(C)Cl)c2)c1)C(=O)Nc1ccc(NC(=O)C(N=Nc2cc(Cl)cc(C(=O)Nc3cccc(C(C)Cl)c3)c2)C(C)=O)c(CCCl)c1. The third kappa shape index (κ3) is 14.5. The lowest BCUT2D eigenvalue weighted by atomic mass is 10.1. The number of hydrogen-bond acceptors (Lipinski definition) is 10. The lowest BCUT2D eigenvalue weighted by molar-refractivity contribution is -0.127. The number of ketones is 2. The third-order valence-corrected chi connectivity index (χ3v) is 10.5. The van der Waals surface area contributed by atoms with Crippen LogP contribution in [0.1, 0.15) is 75.9 Å². The molecule has 5 aromatic rings. The number of azo groups is 2. The number of halogens is 5. The van der Waals surface area contributed by atoms with E-state index in [0.717, 1.165) is 11.1 Å². The van der Waals surface area contributed by atoms with Crippen LogP contribution in [0.3, 0.4) is 0 Å². The minimum absolute atomic E-state index is 0.108. The molecular formula is C46H41Cl5N8O6. The summed E-state index contributed by atoms with van der Waals surface area (Å²) in [6.45, 7) is 5.96. The van der Waals surface area contributed by atoms with Crippen molar-refractivity contribution in [1.82, 2.24) is 0 Å². The number of nitrogens with one attached hydrogen (secondary N) is 4. The van der Waals surface area contributed by atoms with Gasteiger partial charge in [-0.15, -0.1) is 34.8 Å². The van der Waals surface area contributed by atoms with Gasteiger partial charge in [0.05, 0.1) is 22.1 Å². The predicted octanol–water partition coefficient (Wildman–Crippen LogP) is 12.2. The Morgan fingerprint density at radius 3 is 1.43 bits per heavy atom. The molecule has 5 rings (SSSR count). The molecule has 19 heteroatoms. The number of Topliss-reactive ketones (excluding diaryl/α,β-unsaturated/α-hetero) is 2. The normalized spacial score (nSPS) is 13.1. The average molecular weight is 979 g/mol. The highest BCUT2D eigenvalue weighted by atomic mass is 35.5. The molecule has 0 aromatic heterocycles. The summed E-state index contributed by atoms with van der Waals surface area (Å²) in [5, 5.41) is 26.7. The molecule has 5 aromatic carbocycles. The molecule has 0 saturated carbocycles. The molecule has 14 nitrogen and oxygen atoms in total. The smallest absolute Gasteiger partial charge is 0.258 e. The van der Waals surface area contributed by atoms with Crippen LogP contribution in [-0.4, -0.2) is 53.2 Å². The Morgan fingerprint density at radius 2 is 1.00 bits per heavy atom. The second-order valence-electron chi connectivity index (χ2n) is 14.5. The molecule has 0 heterocycles. The molecule has 0 bridgehead atoms. The lowest BCUT2D eigenvalue weighted by Gasteiger charge is -2.15. The highest BCUT2D eigenvalue weighted by Gasteiger charge is 2.26. The highest BCUT2D eigenvalue weighted by molar-refractivity contribution is 6.32. The van der Waals surface area contributed by atoms with E-state index in [9.17, 15) is 28.8 Å². The van der Waals surface area contributed by atoms with Crippen LogP contribution in [-0.2, 0) is 25.6 Å². The number of nitrogens with zero attached hydrogens (tertiary/aromatic N) is 4. The Morgan fingerprint density at radius 1 is 0.554 bits per heavy atom. The van der Waals surface area contributed by atoms with E-state index in [1.807, 2.05) is 26.0 Å². The van der Waals surface area contributed by atoms with Gasteiger partial charge in [-0.3, -0.25) is 28.8 Å². The van der Waals surface area contributed by atoms with Gasteiger partial charge in [-0.05, 0) is 130 Å². The topological polar surface area (TPSA) is 200 Å². The monoisotopic (exact) mass is 976 g/mol. The first-order chi connectivity index (χ1) is 30.9. The van der Waals surface area contributed by atoms with Gasteiger partial charge in [0, 0.05) is 49.8 Å². The van der Waals surface area contributed by atoms with Crippen molar-refractivity contribution < 1.29 is 28.8 Å². The second-order valence-corrected chi connectivity index (χ2v) is 17.1. The number of carbonyl (C=O) groups excluding carboxylic acids is 6. The quantitative estimate of drug-likeness (QED) is 0.0382. The van der Waals surface area contributed by atoms with E-state index in [2.05, 4.69) is 41.7 Å². The summed E-state index contributed by atoms with van der Waals surface area (Å²) < 4.78 is 0. The van der Waals surface area contributed by atoms with Crippen molar-refractivity contribution in [1.29, 1.82) is 0 Å². The Bertz CT molecular complexity index is 2690. The van der Waals surface area contributed by atoms with Gasteiger partial charge in [0.1, 0.15) is 0 Å². The Kier molecular flexibility index (Phi) is 17.9. The third-order valence-electron chi connectivity index (χ3n) is 9.34. The molecule has 4 unspecified atom stereocenters. The van der Waals surface area contributed by atoms with E-state index in [1.54, 1.807) is 36.4 Å². The molecule has 4 amide bonds. The summed E-state index contributed by atoms with van der Waals surface area (Å²) in [5.41, 5.74) is 4.11. The predicted molar refractivity (Wildman–Crippen MR) is 256 cm³/mol. The van der Waals surface area contributed by atoms with Crippen LogP contribution in [0, 0.1) is 0 Å². The van der Waals surface area contributed by atoms with Crippen LogP contribution >= 0.6 is 58.0 Å². The van der Waals surface area contributed by atoms with Gasteiger partial charge in [-0.25, -0.2) is 0 Å². The zero-order valence-electron chi connectivity index (χ0n) is 35.2. The molecule has 0 radical (unpaired) electrons. The molecule has 0 aliphatic heterocycles. The standard InChI is InChI=1S/C46H41Cl5N8O6/c1-24(48)28-7-5-9-35(17-28)52-43(62)31-15-33(50)22-38(20-31)56-58-41(26(3)60)45(64)54-37-11-12-40(30(19-37)13-14-47)55-46(65)42(27(4)61)59-57-39-21-32(16-34(51)23-39)44(63)53-36-10-6-8-29(18-36)25(2)49/h5-12,15-25,41-42H,13-14H2,1-4H3,(H,52,62)(H,53,63)(H,54,64)(H,55,65). The van der Waals surface area contributed by atoms with Crippen molar-refractivity contribution in [2.45, 2.75) is 57.0 Å². The van der Waals surface area contributed by atoms with Crippen molar-refractivity contribution in [3.8, 4) is 0 Å². The molecule has 0 saturated heterocycles. The van der Waals surface area contributed by atoms with Gasteiger partial charge >= 0.3 is 0 Å². The van der Waals surface area contributed by atoms with Gasteiger partial charge in [0.25, 0.3) is 23.6 Å². The van der Waals surface area contributed by atoms with Crippen molar-refractivity contribution in [3.05, 3.63) is 141 Å². The second kappa shape index (κ2) is 23.2. The first-order valence-corrected chi connectivity index (χ1v) is 21.9. The minimum atomic E-state index is -1.60. The summed E-state index contributed by atoms with van der Waals surface area (Å²) in [5.74, 6) is -3.78. The van der Waals surface area contributed by atoms with Gasteiger partial charge in [-0.2, -0.15) is 20.5 Å². The van der Waals surface area contributed by atoms with E-state index >= 15 is 0 Å². The average Bonchev–Trinajstić information content (AvgIpc) is 3.24. The van der Waals surface area contributed by atoms with Gasteiger partial charge in [0.2, 0.25) is 12.1 Å². The van der Waals surface area contributed by atoms with Crippen molar-refractivity contribution in [3.63, 3.8) is 0 Å². The number of benzene rings is 5. The molecule has 0 aliphatic carbocycles. The lowest BCUT2D eigenvalue weighted by Crippen LogP contribution is -2.32. The number of anilines is 4. The Labute approximate surface area is 399 Å². The van der Waals surface area contributed by atoms with Crippen molar-refractivity contribution >= 4 is 127 Å². The fraction of sp³-hybridized carbons (Fsp3) is 0.217. The fourth-order valence-electron chi connectivity index (χ4n) is 6.06.